The summed E-state index contributed by atoms with van der Waals surface area (Å²) >= 11 is 0. The first kappa shape index (κ1) is 45.3. The topological polar surface area (TPSA) is 61.8 Å². The van der Waals surface area contributed by atoms with Gasteiger partial charge in [0.05, 0.1) is 13.0 Å². The number of alkyl halides is 6. The first-order valence-corrected chi connectivity index (χ1v) is 21.8. The molecule has 0 aromatic heterocycles. The summed E-state index contributed by atoms with van der Waals surface area (Å²) in [5, 5.41) is 1.72. The molecule has 0 unspecified atom stereocenters. The van der Waals surface area contributed by atoms with Crippen molar-refractivity contribution in [3.05, 3.63) is 121 Å². The van der Waals surface area contributed by atoms with E-state index in [9.17, 15) is 35.9 Å². The fourth-order valence-corrected chi connectivity index (χ4v) is 16.1. The zero-order chi connectivity index (χ0) is 41.1. The third-order valence-corrected chi connectivity index (χ3v) is 19.3. The fourth-order valence-electron chi connectivity index (χ4n) is 6.74. The van der Waals surface area contributed by atoms with Crippen molar-refractivity contribution in [1.82, 2.24) is 0 Å². The van der Waals surface area contributed by atoms with Crippen LogP contribution in [0.2, 0.25) is 10.1 Å². The first-order valence-electron chi connectivity index (χ1n) is 18.0. The zero-order valence-electron chi connectivity index (χ0n) is 32.2. The first-order chi connectivity index (χ1) is 25.6. The van der Waals surface area contributed by atoms with Crippen LogP contribution in [0.5, 0.6) is 0 Å². The lowest BCUT2D eigenvalue weighted by molar-refractivity contribution is -0.204. The number of hydrogen-bond donors (Lipinski definition) is 0. The molecule has 0 radical (unpaired) electrons. The van der Waals surface area contributed by atoms with E-state index in [2.05, 4.69) is 0 Å². The summed E-state index contributed by atoms with van der Waals surface area (Å²) in [5.74, 6) is -0.923. The molecule has 13 heteroatoms. The standard InChI is InChI=1S/C22H27F3O3Si.C20H23F3O2Si/c1-5-27-20(26)16-19(22(23,24)25)28-29(21(2,3)4,17-12-8-6-9-13-17)18-14-10-7-11-15-18;1-19(2,3)26(16-10-6-4-7-11-16,17-12-8-5-9-13-17)25-18(14-15-24)20(21,22)23/h6-15,19H,5,16H2,1-4H3;4-13,15,18H,14H2,1-3H3/t19-;18-/m11/s1. The molecule has 0 aliphatic carbocycles. The normalized spacial score (nSPS) is 13.9. The van der Waals surface area contributed by atoms with Gasteiger partial charge in [-0.25, -0.2) is 0 Å². The maximum absolute atomic E-state index is 14.0. The van der Waals surface area contributed by atoms with E-state index in [-0.39, 0.29) is 12.9 Å². The van der Waals surface area contributed by atoms with Crippen molar-refractivity contribution in [2.75, 3.05) is 6.61 Å². The second kappa shape index (κ2) is 18.7. The SMILES string of the molecule is CC(C)(C)[Si](O[C@H](CC=O)C(F)(F)F)(c1ccccc1)c1ccccc1.CCOC(=O)C[C@@H](O[Si](c1ccccc1)(c1ccccc1)C(C)(C)C)C(F)(F)F. The molecule has 0 N–H and O–H groups in total. The Morgan fingerprint density at radius 1 is 0.564 bits per heavy atom. The summed E-state index contributed by atoms with van der Waals surface area (Å²) < 4.78 is 99.5. The highest BCUT2D eigenvalue weighted by molar-refractivity contribution is 7.00. The van der Waals surface area contributed by atoms with E-state index in [1.807, 2.05) is 114 Å². The summed E-state index contributed by atoms with van der Waals surface area (Å²) in [6, 6.07) is 36.2. The van der Waals surface area contributed by atoms with Gasteiger partial charge < -0.3 is 18.4 Å². The van der Waals surface area contributed by atoms with Gasteiger partial charge in [-0.2, -0.15) is 26.3 Å². The van der Waals surface area contributed by atoms with Gasteiger partial charge in [-0.3, -0.25) is 4.79 Å². The van der Waals surface area contributed by atoms with E-state index in [0.717, 1.165) is 20.7 Å². The number of rotatable bonds is 13. The lowest BCUT2D eigenvalue weighted by Gasteiger charge is -2.45. The number of carbonyl (C=O) groups excluding carboxylic acids is 2. The average molecular weight is 805 g/mol. The highest BCUT2D eigenvalue weighted by Gasteiger charge is 2.57. The molecule has 0 fully saturated rings. The minimum atomic E-state index is -4.71. The van der Waals surface area contributed by atoms with E-state index >= 15 is 0 Å². The van der Waals surface area contributed by atoms with Crippen molar-refractivity contribution in [2.24, 2.45) is 0 Å². The van der Waals surface area contributed by atoms with Crippen LogP contribution >= 0.6 is 0 Å². The Balaban J connectivity index is 0.000000297. The number of ether oxygens (including phenoxy) is 1. The maximum Gasteiger partial charge on any atom is 0.413 e. The molecule has 298 valence electrons. The van der Waals surface area contributed by atoms with Crippen LogP contribution in [0.3, 0.4) is 0 Å². The highest BCUT2D eigenvalue weighted by Crippen LogP contribution is 2.41. The molecule has 4 aromatic carbocycles. The molecular weight excluding hydrogens is 755 g/mol. The number of esters is 1. The molecule has 2 atom stereocenters. The summed E-state index contributed by atoms with van der Waals surface area (Å²) in [5.41, 5.74) is 0. The van der Waals surface area contributed by atoms with Crippen molar-refractivity contribution >= 4 is 49.6 Å². The Kier molecular flexibility index (Phi) is 15.4. The van der Waals surface area contributed by atoms with E-state index in [1.54, 1.807) is 55.5 Å². The number of benzene rings is 4. The van der Waals surface area contributed by atoms with Crippen LogP contribution in [-0.4, -0.2) is 60.1 Å². The van der Waals surface area contributed by atoms with Gasteiger partial charge in [0, 0.05) is 6.42 Å². The summed E-state index contributed by atoms with van der Waals surface area (Å²) in [7, 11) is -6.78. The highest BCUT2D eigenvalue weighted by atomic mass is 28.4. The van der Waals surface area contributed by atoms with Crippen molar-refractivity contribution in [1.29, 1.82) is 0 Å². The third kappa shape index (κ3) is 11.1. The average Bonchev–Trinajstić information content (AvgIpc) is 3.12. The summed E-state index contributed by atoms with van der Waals surface area (Å²) in [6.07, 6.45) is -15.0. The molecule has 0 aliphatic rings. The Morgan fingerprint density at radius 3 is 1.09 bits per heavy atom. The molecule has 0 amide bonds. The Morgan fingerprint density at radius 2 is 0.855 bits per heavy atom. The van der Waals surface area contributed by atoms with Gasteiger partial charge in [-0.15, -0.1) is 0 Å². The number of halogens is 6. The molecule has 0 heterocycles. The fraction of sp³-hybridized carbons (Fsp3) is 0.381. The molecule has 0 bridgehead atoms. The van der Waals surface area contributed by atoms with Gasteiger partial charge >= 0.3 is 18.3 Å². The van der Waals surface area contributed by atoms with Gasteiger partial charge in [0.15, 0.2) is 6.10 Å². The van der Waals surface area contributed by atoms with E-state index < -0.39 is 70.1 Å². The van der Waals surface area contributed by atoms with Gasteiger partial charge in [0.2, 0.25) is 0 Å². The van der Waals surface area contributed by atoms with Crippen LogP contribution < -0.4 is 20.7 Å². The van der Waals surface area contributed by atoms with Crippen molar-refractivity contribution < 1.29 is 49.5 Å². The minimum absolute atomic E-state index is 0.0165. The second-order valence-corrected chi connectivity index (χ2v) is 23.5. The minimum Gasteiger partial charge on any atom is -0.466 e. The monoisotopic (exact) mass is 804 g/mol. The maximum atomic E-state index is 14.0. The Labute approximate surface area is 322 Å². The summed E-state index contributed by atoms with van der Waals surface area (Å²) in [6.45, 7) is 12.9. The predicted octanol–water partition coefficient (Wildman–Crippen LogP) is 8.53. The van der Waals surface area contributed by atoms with E-state index in [0.29, 0.717) is 0 Å². The molecule has 0 saturated carbocycles. The van der Waals surface area contributed by atoms with Crippen LogP contribution in [0.1, 0.15) is 61.3 Å². The van der Waals surface area contributed by atoms with Crippen LogP contribution in [0.25, 0.3) is 0 Å². The van der Waals surface area contributed by atoms with Crippen LogP contribution in [0.4, 0.5) is 26.3 Å². The molecule has 4 rings (SSSR count). The number of aldehydes is 1. The molecular formula is C42H50F6O5Si2. The largest absolute Gasteiger partial charge is 0.466 e. The zero-order valence-corrected chi connectivity index (χ0v) is 34.2. The van der Waals surface area contributed by atoms with Gasteiger partial charge in [0.25, 0.3) is 16.6 Å². The third-order valence-electron chi connectivity index (χ3n) is 9.17. The molecule has 5 nitrogen and oxygen atoms in total. The van der Waals surface area contributed by atoms with E-state index in [4.69, 9.17) is 13.6 Å². The van der Waals surface area contributed by atoms with Gasteiger partial charge in [-0.1, -0.05) is 163 Å². The lowest BCUT2D eigenvalue weighted by atomic mass is 10.2. The Hall–Kier alpha value is -4.05. The van der Waals surface area contributed by atoms with Crippen molar-refractivity contribution in [2.45, 2.75) is 95.9 Å². The molecule has 0 saturated heterocycles. The van der Waals surface area contributed by atoms with Gasteiger partial charge in [-0.05, 0) is 37.7 Å². The van der Waals surface area contributed by atoms with Crippen LogP contribution in [0, 0.1) is 0 Å². The molecule has 0 aliphatic heterocycles. The van der Waals surface area contributed by atoms with Gasteiger partial charge in [0.1, 0.15) is 12.4 Å². The van der Waals surface area contributed by atoms with E-state index in [1.165, 1.54) is 0 Å². The lowest BCUT2D eigenvalue weighted by Crippen LogP contribution is -2.68. The predicted molar refractivity (Wildman–Crippen MR) is 209 cm³/mol. The number of carbonyl (C=O) groups is 2. The van der Waals surface area contributed by atoms with Crippen molar-refractivity contribution in [3.8, 4) is 0 Å². The second-order valence-electron chi connectivity index (χ2n) is 15.0. The van der Waals surface area contributed by atoms with Crippen LogP contribution in [0.15, 0.2) is 121 Å². The van der Waals surface area contributed by atoms with Crippen molar-refractivity contribution in [3.63, 3.8) is 0 Å². The molecule has 55 heavy (non-hydrogen) atoms. The molecule has 4 aromatic rings. The summed E-state index contributed by atoms with van der Waals surface area (Å²) in [4.78, 5) is 22.8. The van der Waals surface area contributed by atoms with Crippen LogP contribution in [-0.2, 0) is 23.2 Å². The molecule has 0 spiro atoms. The smallest absolute Gasteiger partial charge is 0.413 e. The number of hydrogen-bond acceptors (Lipinski definition) is 5. The quantitative estimate of drug-likeness (QED) is 0.0588. The Bertz CT molecular complexity index is 1680.